The Labute approximate surface area is 109 Å². The van der Waals surface area contributed by atoms with E-state index in [2.05, 4.69) is 9.89 Å². The number of hydrogen-bond donors (Lipinski definition) is 0. The first kappa shape index (κ1) is 12.9. The van der Waals surface area contributed by atoms with Gasteiger partial charge in [-0.15, -0.1) is 0 Å². The highest BCUT2D eigenvalue weighted by Gasteiger charge is 2.17. The van der Waals surface area contributed by atoms with E-state index in [1.165, 1.54) is 13.2 Å². The normalized spacial score (nSPS) is 10.1. The molecule has 0 aliphatic carbocycles. The van der Waals surface area contributed by atoms with Crippen LogP contribution in [0.1, 0.15) is 10.5 Å². The van der Waals surface area contributed by atoms with E-state index >= 15 is 0 Å². The van der Waals surface area contributed by atoms with Crippen LogP contribution in [-0.2, 0) is 4.74 Å². The number of nitrogens with zero attached hydrogens (tertiary/aromatic N) is 1. The zero-order chi connectivity index (χ0) is 13.8. The number of ether oxygens (including phenoxy) is 3. The zero-order valence-corrected chi connectivity index (χ0v) is 10.8. The maximum atomic E-state index is 11.3. The van der Waals surface area contributed by atoms with Crippen molar-refractivity contribution in [2.24, 2.45) is 0 Å². The van der Waals surface area contributed by atoms with E-state index in [9.17, 15) is 4.79 Å². The van der Waals surface area contributed by atoms with Crippen LogP contribution in [0.15, 0.2) is 28.8 Å². The van der Waals surface area contributed by atoms with E-state index in [0.29, 0.717) is 22.8 Å². The SMILES string of the molecule is COC(=O)c1cc(-c2cc(OC)ccc2OC)on1. The summed E-state index contributed by atoms with van der Waals surface area (Å²) in [5.41, 5.74) is 0.742. The van der Waals surface area contributed by atoms with Gasteiger partial charge >= 0.3 is 5.97 Å². The van der Waals surface area contributed by atoms with Crippen molar-refractivity contribution in [2.45, 2.75) is 0 Å². The Hall–Kier alpha value is -2.50. The first-order valence-electron chi connectivity index (χ1n) is 5.47. The van der Waals surface area contributed by atoms with Gasteiger partial charge in [-0.25, -0.2) is 4.79 Å². The molecule has 0 fully saturated rings. The Balaban J connectivity index is 2.45. The monoisotopic (exact) mass is 263 g/mol. The maximum absolute atomic E-state index is 11.3. The third-order valence-corrected chi connectivity index (χ3v) is 2.58. The standard InChI is InChI=1S/C13H13NO5/c1-16-8-4-5-11(17-2)9(6-8)12-7-10(14-19-12)13(15)18-3/h4-7H,1-3H3. The van der Waals surface area contributed by atoms with Crippen LogP contribution in [0.25, 0.3) is 11.3 Å². The molecule has 1 aromatic carbocycles. The number of rotatable bonds is 4. The lowest BCUT2D eigenvalue weighted by Gasteiger charge is -2.07. The van der Waals surface area contributed by atoms with Gasteiger partial charge in [0.1, 0.15) is 11.5 Å². The molecule has 6 heteroatoms. The number of carbonyl (C=O) groups excluding carboxylic acids is 1. The quantitative estimate of drug-likeness (QED) is 0.787. The largest absolute Gasteiger partial charge is 0.497 e. The molecule has 0 radical (unpaired) electrons. The van der Waals surface area contributed by atoms with E-state index in [1.807, 2.05) is 0 Å². The predicted octanol–water partition coefficient (Wildman–Crippen LogP) is 2.15. The summed E-state index contributed by atoms with van der Waals surface area (Å²) in [7, 11) is 4.39. The molecule has 6 nitrogen and oxygen atoms in total. The lowest BCUT2D eigenvalue weighted by molar-refractivity contribution is 0.0589. The molecular weight excluding hydrogens is 250 g/mol. The molecule has 0 unspecified atom stereocenters. The molecular formula is C13H13NO5. The predicted molar refractivity (Wildman–Crippen MR) is 66.4 cm³/mol. The highest BCUT2D eigenvalue weighted by molar-refractivity contribution is 5.88. The lowest BCUT2D eigenvalue weighted by Crippen LogP contribution is -2.00. The number of methoxy groups -OCH3 is 3. The summed E-state index contributed by atoms with van der Waals surface area (Å²) in [6.45, 7) is 0. The Morgan fingerprint density at radius 2 is 1.95 bits per heavy atom. The third kappa shape index (κ3) is 2.52. The minimum Gasteiger partial charge on any atom is -0.497 e. The van der Waals surface area contributed by atoms with Gasteiger partial charge in [0.15, 0.2) is 11.5 Å². The van der Waals surface area contributed by atoms with E-state index in [4.69, 9.17) is 14.0 Å². The van der Waals surface area contributed by atoms with E-state index in [-0.39, 0.29) is 5.69 Å². The molecule has 1 aromatic heterocycles. The second-order valence-corrected chi connectivity index (χ2v) is 3.63. The molecule has 19 heavy (non-hydrogen) atoms. The minimum absolute atomic E-state index is 0.0994. The Morgan fingerprint density at radius 1 is 1.16 bits per heavy atom. The van der Waals surface area contributed by atoms with Crippen molar-refractivity contribution in [3.05, 3.63) is 30.0 Å². The van der Waals surface area contributed by atoms with Gasteiger partial charge < -0.3 is 18.7 Å². The summed E-state index contributed by atoms with van der Waals surface area (Å²) in [6, 6.07) is 6.73. The van der Waals surface area contributed by atoms with Crippen molar-refractivity contribution in [3.8, 4) is 22.8 Å². The fourth-order valence-electron chi connectivity index (χ4n) is 1.61. The molecule has 0 bridgehead atoms. The molecule has 0 aliphatic heterocycles. The highest BCUT2D eigenvalue weighted by atomic mass is 16.5. The van der Waals surface area contributed by atoms with Crippen molar-refractivity contribution >= 4 is 5.97 Å². The zero-order valence-electron chi connectivity index (χ0n) is 10.8. The van der Waals surface area contributed by atoms with E-state index in [1.54, 1.807) is 32.4 Å². The van der Waals surface area contributed by atoms with Crippen LogP contribution in [0.5, 0.6) is 11.5 Å². The van der Waals surface area contributed by atoms with Crippen molar-refractivity contribution in [3.63, 3.8) is 0 Å². The van der Waals surface area contributed by atoms with Crippen LogP contribution >= 0.6 is 0 Å². The first-order valence-corrected chi connectivity index (χ1v) is 5.47. The Bertz CT molecular complexity index is 590. The summed E-state index contributed by atoms with van der Waals surface area (Å²) in [5.74, 6) is 1.08. The van der Waals surface area contributed by atoms with Crippen LogP contribution in [0.4, 0.5) is 0 Å². The molecule has 0 saturated heterocycles. The topological polar surface area (TPSA) is 70.8 Å². The lowest BCUT2D eigenvalue weighted by atomic mass is 10.1. The van der Waals surface area contributed by atoms with Crippen LogP contribution in [0, 0.1) is 0 Å². The van der Waals surface area contributed by atoms with E-state index in [0.717, 1.165) is 0 Å². The smallest absolute Gasteiger partial charge is 0.360 e. The Morgan fingerprint density at radius 3 is 2.58 bits per heavy atom. The van der Waals surface area contributed by atoms with E-state index < -0.39 is 5.97 Å². The van der Waals surface area contributed by atoms with Gasteiger partial charge in [0, 0.05) is 6.07 Å². The molecule has 2 rings (SSSR count). The second kappa shape index (κ2) is 5.43. The van der Waals surface area contributed by atoms with Crippen molar-refractivity contribution in [1.82, 2.24) is 5.16 Å². The van der Waals surface area contributed by atoms with Crippen molar-refractivity contribution < 1.29 is 23.5 Å². The first-order chi connectivity index (χ1) is 9.19. The number of carbonyl (C=O) groups is 1. The van der Waals surface area contributed by atoms with Crippen LogP contribution in [-0.4, -0.2) is 32.5 Å². The molecule has 0 atom stereocenters. The van der Waals surface area contributed by atoms with Crippen LogP contribution in [0.3, 0.4) is 0 Å². The molecule has 0 spiro atoms. The molecule has 100 valence electrons. The summed E-state index contributed by atoms with van der Waals surface area (Å²) in [6.07, 6.45) is 0. The third-order valence-electron chi connectivity index (χ3n) is 2.58. The fourth-order valence-corrected chi connectivity index (χ4v) is 1.61. The summed E-state index contributed by atoms with van der Waals surface area (Å²) >= 11 is 0. The van der Waals surface area contributed by atoms with Gasteiger partial charge in [-0.2, -0.15) is 0 Å². The minimum atomic E-state index is -0.558. The second-order valence-electron chi connectivity index (χ2n) is 3.63. The summed E-state index contributed by atoms with van der Waals surface area (Å²) in [4.78, 5) is 11.3. The summed E-state index contributed by atoms with van der Waals surface area (Å²) in [5, 5.41) is 3.65. The van der Waals surface area contributed by atoms with Gasteiger partial charge in [-0.05, 0) is 18.2 Å². The molecule has 0 N–H and O–H groups in total. The van der Waals surface area contributed by atoms with Gasteiger partial charge in [0.2, 0.25) is 0 Å². The number of aromatic nitrogens is 1. The van der Waals surface area contributed by atoms with Crippen LogP contribution < -0.4 is 9.47 Å². The van der Waals surface area contributed by atoms with Gasteiger partial charge in [-0.1, -0.05) is 5.16 Å². The molecule has 0 aliphatic rings. The molecule has 0 amide bonds. The fraction of sp³-hybridized carbons (Fsp3) is 0.231. The van der Waals surface area contributed by atoms with Crippen molar-refractivity contribution in [1.29, 1.82) is 0 Å². The molecule has 1 heterocycles. The van der Waals surface area contributed by atoms with Gasteiger partial charge in [0.25, 0.3) is 0 Å². The molecule has 0 saturated carbocycles. The number of hydrogen-bond acceptors (Lipinski definition) is 6. The summed E-state index contributed by atoms with van der Waals surface area (Å²) < 4.78 is 20.1. The number of benzene rings is 1. The van der Waals surface area contributed by atoms with Gasteiger partial charge in [-0.3, -0.25) is 0 Å². The highest BCUT2D eigenvalue weighted by Crippen LogP contribution is 2.33. The molecule has 2 aromatic rings. The average molecular weight is 263 g/mol. The number of esters is 1. The maximum Gasteiger partial charge on any atom is 0.360 e. The average Bonchev–Trinajstić information content (AvgIpc) is 2.95. The van der Waals surface area contributed by atoms with Crippen molar-refractivity contribution in [2.75, 3.05) is 21.3 Å². The van der Waals surface area contributed by atoms with Gasteiger partial charge in [0.05, 0.1) is 26.9 Å². The Kier molecular flexibility index (Phi) is 3.70. The van der Waals surface area contributed by atoms with Crippen LogP contribution in [0.2, 0.25) is 0 Å².